The Kier molecular flexibility index (Phi) is 5.74. The number of carbonyl (C=O) groups is 2. The van der Waals surface area contributed by atoms with Crippen molar-refractivity contribution in [3.05, 3.63) is 65.5 Å². The molecule has 6 heteroatoms. The second-order valence-electron chi connectivity index (χ2n) is 6.91. The van der Waals surface area contributed by atoms with E-state index >= 15 is 0 Å². The Labute approximate surface area is 157 Å². The van der Waals surface area contributed by atoms with Crippen LogP contribution in [0.15, 0.2) is 48.5 Å². The molecular formula is C21H23FN2O3. The normalized spacial score (nSPS) is 16.8. The van der Waals surface area contributed by atoms with Crippen LogP contribution in [-0.4, -0.2) is 24.5 Å². The second-order valence-corrected chi connectivity index (χ2v) is 6.91. The van der Waals surface area contributed by atoms with Crippen LogP contribution in [0, 0.1) is 11.7 Å². The highest BCUT2D eigenvalue weighted by Gasteiger charge is 2.29. The van der Waals surface area contributed by atoms with Crippen LogP contribution >= 0.6 is 0 Å². The molecule has 2 aromatic carbocycles. The first-order chi connectivity index (χ1) is 13.0. The average molecular weight is 370 g/mol. The lowest BCUT2D eigenvalue weighted by atomic mass is 9.98. The van der Waals surface area contributed by atoms with Crippen LogP contribution in [0.2, 0.25) is 0 Å². The molecule has 1 aliphatic rings. The maximum absolute atomic E-state index is 13.9. The number of carbonyl (C=O) groups excluding carboxylic acids is 2. The Hall–Kier alpha value is -2.89. The van der Waals surface area contributed by atoms with Crippen molar-refractivity contribution >= 4 is 11.8 Å². The van der Waals surface area contributed by atoms with E-state index in [0.29, 0.717) is 13.0 Å². The molecule has 0 saturated carbocycles. The molecule has 0 fully saturated rings. The molecule has 2 N–H and O–H groups in total. The van der Waals surface area contributed by atoms with Gasteiger partial charge < -0.3 is 15.4 Å². The van der Waals surface area contributed by atoms with Gasteiger partial charge in [-0.1, -0.05) is 44.2 Å². The largest absolute Gasteiger partial charge is 0.493 e. The molecule has 27 heavy (non-hydrogen) atoms. The monoisotopic (exact) mass is 370 g/mol. The number of amides is 2. The molecule has 1 heterocycles. The molecule has 2 aromatic rings. The van der Waals surface area contributed by atoms with E-state index in [1.807, 2.05) is 38.1 Å². The van der Waals surface area contributed by atoms with E-state index in [1.54, 1.807) is 6.07 Å². The summed E-state index contributed by atoms with van der Waals surface area (Å²) in [5.41, 5.74) is 0.840. The van der Waals surface area contributed by atoms with Gasteiger partial charge in [0.25, 0.3) is 5.91 Å². The third-order valence-corrected chi connectivity index (χ3v) is 4.63. The Morgan fingerprint density at radius 3 is 2.56 bits per heavy atom. The zero-order chi connectivity index (χ0) is 19.4. The van der Waals surface area contributed by atoms with Gasteiger partial charge in [-0.3, -0.25) is 9.59 Å². The minimum atomic E-state index is -0.771. The third kappa shape index (κ3) is 4.27. The zero-order valence-corrected chi connectivity index (χ0v) is 15.4. The van der Waals surface area contributed by atoms with Gasteiger partial charge in [-0.2, -0.15) is 0 Å². The molecule has 2 atom stereocenters. The highest BCUT2D eigenvalue weighted by Crippen LogP contribution is 2.31. The minimum Gasteiger partial charge on any atom is -0.493 e. The summed E-state index contributed by atoms with van der Waals surface area (Å²) in [6.07, 6.45) is 0.648. The summed E-state index contributed by atoms with van der Waals surface area (Å²) in [5, 5.41) is 5.67. The highest BCUT2D eigenvalue weighted by molar-refractivity contribution is 5.97. The first kappa shape index (κ1) is 18.9. The van der Waals surface area contributed by atoms with E-state index in [-0.39, 0.29) is 23.4 Å². The lowest BCUT2D eigenvalue weighted by Crippen LogP contribution is -2.51. The molecule has 3 rings (SSSR count). The highest BCUT2D eigenvalue weighted by atomic mass is 19.1. The fourth-order valence-corrected chi connectivity index (χ4v) is 3.15. The van der Waals surface area contributed by atoms with Crippen molar-refractivity contribution in [1.29, 1.82) is 0 Å². The standard InChI is InChI=1S/C21H23FN2O3/c1-13(2)19(24-20(25)14-7-3-5-9-16(14)22)21(26)23-17-11-12-27-18-10-6-4-8-15(17)18/h3-10,13,17,19H,11-12H2,1-2H3,(H,23,26)(H,24,25)/t17-,19+/m1/s1. The van der Waals surface area contributed by atoms with E-state index in [1.165, 1.54) is 18.2 Å². The summed E-state index contributed by atoms with van der Waals surface area (Å²) in [6, 6.07) is 12.3. The van der Waals surface area contributed by atoms with Gasteiger partial charge in [0, 0.05) is 12.0 Å². The van der Waals surface area contributed by atoms with Crippen molar-refractivity contribution in [1.82, 2.24) is 10.6 Å². The van der Waals surface area contributed by atoms with Crippen LogP contribution in [0.5, 0.6) is 5.75 Å². The zero-order valence-electron chi connectivity index (χ0n) is 15.4. The quantitative estimate of drug-likeness (QED) is 0.849. The molecule has 0 saturated heterocycles. The van der Waals surface area contributed by atoms with Gasteiger partial charge in [0.2, 0.25) is 5.91 Å². The predicted octanol–water partition coefficient (Wildman–Crippen LogP) is 3.22. The smallest absolute Gasteiger partial charge is 0.254 e. The second kappa shape index (κ2) is 8.20. The van der Waals surface area contributed by atoms with Crippen LogP contribution in [0.1, 0.15) is 42.2 Å². The van der Waals surface area contributed by atoms with Crippen LogP contribution in [0.4, 0.5) is 4.39 Å². The summed E-state index contributed by atoms with van der Waals surface area (Å²) in [7, 11) is 0. The van der Waals surface area contributed by atoms with Crippen LogP contribution in [0.25, 0.3) is 0 Å². The number of hydrogen-bond donors (Lipinski definition) is 2. The molecule has 0 radical (unpaired) electrons. The Bertz CT molecular complexity index is 838. The van der Waals surface area contributed by atoms with Crippen LogP contribution in [0.3, 0.4) is 0 Å². The molecule has 0 spiro atoms. The summed E-state index contributed by atoms with van der Waals surface area (Å²) in [6.45, 7) is 4.18. The maximum atomic E-state index is 13.9. The van der Waals surface area contributed by atoms with Crippen molar-refractivity contribution in [2.24, 2.45) is 5.92 Å². The van der Waals surface area contributed by atoms with E-state index in [4.69, 9.17) is 4.74 Å². The number of hydrogen-bond acceptors (Lipinski definition) is 3. The number of rotatable bonds is 5. The molecule has 1 aliphatic heterocycles. The molecule has 0 bridgehead atoms. The fraction of sp³-hybridized carbons (Fsp3) is 0.333. The molecule has 0 unspecified atom stereocenters. The first-order valence-electron chi connectivity index (χ1n) is 9.05. The molecule has 0 aromatic heterocycles. The summed E-state index contributed by atoms with van der Waals surface area (Å²) in [4.78, 5) is 25.3. The molecule has 2 amide bonds. The topological polar surface area (TPSA) is 67.4 Å². The van der Waals surface area contributed by atoms with Crippen molar-refractivity contribution in [3.63, 3.8) is 0 Å². The average Bonchev–Trinajstić information content (AvgIpc) is 2.66. The van der Waals surface area contributed by atoms with Gasteiger partial charge in [0.1, 0.15) is 17.6 Å². The number of halogens is 1. The summed E-state index contributed by atoms with van der Waals surface area (Å²) in [5.74, 6) is -0.914. The predicted molar refractivity (Wildman–Crippen MR) is 99.9 cm³/mol. The number of nitrogens with one attached hydrogen (secondary N) is 2. The lowest BCUT2D eigenvalue weighted by molar-refractivity contribution is -0.124. The van der Waals surface area contributed by atoms with Gasteiger partial charge in [0.05, 0.1) is 18.2 Å². The van der Waals surface area contributed by atoms with Crippen LogP contribution in [-0.2, 0) is 4.79 Å². The van der Waals surface area contributed by atoms with Crippen molar-refractivity contribution in [2.75, 3.05) is 6.61 Å². The lowest BCUT2D eigenvalue weighted by Gasteiger charge is -2.29. The molecular weight excluding hydrogens is 347 g/mol. The number of ether oxygens (including phenoxy) is 1. The fourth-order valence-electron chi connectivity index (χ4n) is 3.15. The first-order valence-corrected chi connectivity index (χ1v) is 9.05. The van der Waals surface area contributed by atoms with Gasteiger partial charge >= 0.3 is 0 Å². The van der Waals surface area contributed by atoms with E-state index < -0.39 is 17.8 Å². The molecule has 5 nitrogen and oxygen atoms in total. The number of benzene rings is 2. The number of para-hydroxylation sites is 1. The Balaban J connectivity index is 1.73. The Morgan fingerprint density at radius 1 is 1.11 bits per heavy atom. The van der Waals surface area contributed by atoms with Gasteiger partial charge in [-0.15, -0.1) is 0 Å². The third-order valence-electron chi connectivity index (χ3n) is 4.63. The van der Waals surface area contributed by atoms with Gasteiger partial charge in [0.15, 0.2) is 0 Å². The van der Waals surface area contributed by atoms with Crippen molar-refractivity contribution in [3.8, 4) is 5.75 Å². The SMILES string of the molecule is CC(C)[C@H](NC(=O)c1ccccc1F)C(=O)N[C@@H]1CCOc2ccccc21. The van der Waals surface area contributed by atoms with Gasteiger partial charge in [-0.05, 0) is 24.1 Å². The maximum Gasteiger partial charge on any atom is 0.254 e. The van der Waals surface area contributed by atoms with Crippen molar-refractivity contribution < 1.29 is 18.7 Å². The van der Waals surface area contributed by atoms with E-state index in [9.17, 15) is 14.0 Å². The molecule has 142 valence electrons. The number of fused-ring (bicyclic) bond motifs is 1. The summed E-state index contributed by atoms with van der Waals surface area (Å²) < 4.78 is 19.5. The van der Waals surface area contributed by atoms with E-state index in [2.05, 4.69) is 10.6 Å². The van der Waals surface area contributed by atoms with E-state index in [0.717, 1.165) is 11.3 Å². The summed E-state index contributed by atoms with van der Waals surface area (Å²) >= 11 is 0. The van der Waals surface area contributed by atoms with Crippen LogP contribution < -0.4 is 15.4 Å². The molecule has 0 aliphatic carbocycles. The van der Waals surface area contributed by atoms with Crippen molar-refractivity contribution in [2.45, 2.75) is 32.4 Å². The Morgan fingerprint density at radius 2 is 1.81 bits per heavy atom. The minimum absolute atomic E-state index is 0.0765. The van der Waals surface area contributed by atoms with Gasteiger partial charge in [-0.25, -0.2) is 4.39 Å².